The third kappa shape index (κ3) is 31.7. The fourth-order valence-corrected chi connectivity index (χ4v) is 6.36. The van der Waals surface area contributed by atoms with Crippen LogP contribution in [-0.4, -0.2) is 46.1 Å². The lowest BCUT2D eigenvalue weighted by molar-refractivity contribution is -0.131. The van der Waals surface area contributed by atoms with Gasteiger partial charge in [-0.15, -0.1) is 0 Å². The predicted molar refractivity (Wildman–Crippen MR) is 199 cm³/mol. The molecule has 5 nitrogen and oxygen atoms in total. The van der Waals surface area contributed by atoms with Crippen molar-refractivity contribution in [1.82, 2.24) is 5.32 Å². The Hall–Kier alpha value is -0.910. The smallest absolute Gasteiger partial charge is 0.249 e. The first-order chi connectivity index (χ1) is 22.6. The van der Waals surface area contributed by atoms with Crippen LogP contribution in [-0.2, 0) is 4.79 Å². The van der Waals surface area contributed by atoms with Crippen molar-refractivity contribution in [2.45, 2.75) is 238 Å². The number of nitrogens with one attached hydrogen (secondary N) is 1. The Bertz CT molecular complexity index is 640. The molecule has 274 valence electrons. The van der Waals surface area contributed by atoms with Crippen molar-refractivity contribution in [2.75, 3.05) is 6.61 Å². The Labute approximate surface area is 287 Å². The van der Waals surface area contributed by atoms with Crippen molar-refractivity contribution in [3.05, 3.63) is 12.2 Å². The largest absolute Gasteiger partial charge is 0.394 e. The Morgan fingerprint density at radius 2 is 0.826 bits per heavy atom. The van der Waals surface area contributed by atoms with Gasteiger partial charge >= 0.3 is 0 Å². The zero-order valence-electron chi connectivity index (χ0n) is 31.0. The van der Waals surface area contributed by atoms with Gasteiger partial charge in [0.05, 0.1) is 18.8 Å². The third-order valence-corrected chi connectivity index (χ3v) is 9.63. The number of aliphatic hydroxyl groups is 3. The highest BCUT2D eigenvalue weighted by atomic mass is 16.3. The summed E-state index contributed by atoms with van der Waals surface area (Å²) in [5, 5.41) is 33.2. The maximum absolute atomic E-state index is 12.4. The number of unbranched alkanes of at least 4 members (excludes halogenated alkanes) is 27. The molecule has 5 heteroatoms. The second-order valence-corrected chi connectivity index (χ2v) is 14.2. The lowest BCUT2D eigenvalue weighted by Crippen LogP contribution is -2.49. The second kappa shape index (κ2) is 36.9. The fourth-order valence-electron chi connectivity index (χ4n) is 6.36. The van der Waals surface area contributed by atoms with E-state index in [0.717, 1.165) is 44.9 Å². The van der Waals surface area contributed by atoms with Gasteiger partial charge in [-0.25, -0.2) is 0 Å². The number of amides is 1. The summed E-state index contributed by atoms with van der Waals surface area (Å²) in [6, 6.07) is -0.712. The van der Waals surface area contributed by atoms with Gasteiger partial charge in [0.2, 0.25) is 5.91 Å². The minimum atomic E-state index is -1.08. The lowest BCUT2D eigenvalue weighted by atomic mass is 10.0. The van der Waals surface area contributed by atoms with Crippen LogP contribution in [0.1, 0.15) is 219 Å². The van der Waals surface area contributed by atoms with E-state index in [-0.39, 0.29) is 6.61 Å². The van der Waals surface area contributed by atoms with E-state index in [1.165, 1.54) is 148 Å². The number of rotatable bonds is 37. The molecule has 0 aromatic carbocycles. The van der Waals surface area contributed by atoms with E-state index in [4.69, 9.17) is 0 Å². The van der Waals surface area contributed by atoms with E-state index in [2.05, 4.69) is 31.3 Å². The van der Waals surface area contributed by atoms with Gasteiger partial charge in [0.25, 0.3) is 0 Å². The summed E-state index contributed by atoms with van der Waals surface area (Å²) in [6.07, 6.45) is 42.0. The molecule has 0 heterocycles. The van der Waals surface area contributed by atoms with Crippen LogP contribution in [0.2, 0.25) is 0 Å². The summed E-state index contributed by atoms with van der Waals surface area (Å²) in [6.45, 7) is 4.23. The van der Waals surface area contributed by atoms with Crippen molar-refractivity contribution in [3.63, 3.8) is 0 Å². The van der Waals surface area contributed by atoms with E-state index in [1.807, 2.05) is 0 Å². The first-order valence-electron chi connectivity index (χ1n) is 20.5. The van der Waals surface area contributed by atoms with Crippen molar-refractivity contribution >= 4 is 5.91 Å². The molecule has 46 heavy (non-hydrogen) atoms. The van der Waals surface area contributed by atoms with Crippen LogP contribution in [0, 0.1) is 0 Å². The molecule has 3 atom stereocenters. The van der Waals surface area contributed by atoms with Crippen LogP contribution in [0.25, 0.3) is 0 Å². The first kappa shape index (κ1) is 45.1. The molecule has 1 amide bonds. The second-order valence-electron chi connectivity index (χ2n) is 14.2. The van der Waals surface area contributed by atoms with Crippen LogP contribution >= 0.6 is 0 Å². The summed E-state index contributed by atoms with van der Waals surface area (Å²) >= 11 is 0. The molecule has 0 aliphatic heterocycles. The number of hydrogen-bond acceptors (Lipinski definition) is 4. The van der Waals surface area contributed by atoms with E-state index in [0.29, 0.717) is 12.8 Å². The molecule has 3 unspecified atom stereocenters. The van der Waals surface area contributed by atoms with Gasteiger partial charge < -0.3 is 20.6 Å². The van der Waals surface area contributed by atoms with Crippen molar-refractivity contribution in [3.8, 4) is 0 Å². The molecule has 0 aliphatic carbocycles. The van der Waals surface area contributed by atoms with Gasteiger partial charge in [0.15, 0.2) is 0 Å². The quantitative estimate of drug-likeness (QED) is 0.0397. The van der Waals surface area contributed by atoms with Crippen LogP contribution in [0.3, 0.4) is 0 Å². The van der Waals surface area contributed by atoms with Gasteiger partial charge in [-0.1, -0.05) is 193 Å². The van der Waals surface area contributed by atoms with Crippen LogP contribution in [0.15, 0.2) is 12.2 Å². The molecule has 0 rings (SSSR count). The standard InChI is InChI=1S/C41H81NO4/c1-3-5-7-9-11-13-15-17-19-20-22-24-26-28-30-32-34-36-40(45)41(46)42-38(37-43)39(44)35-33-31-29-27-25-23-21-18-16-14-12-10-8-6-4-2/h22,24,38-40,43-45H,3-21,23,25-37H2,1-2H3,(H,42,46)/b24-22-. The molecule has 0 saturated carbocycles. The molecule has 0 spiro atoms. The highest BCUT2D eigenvalue weighted by Crippen LogP contribution is 2.16. The minimum Gasteiger partial charge on any atom is -0.394 e. The number of hydrogen-bond donors (Lipinski definition) is 4. The molecule has 0 bridgehead atoms. The van der Waals surface area contributed by atoms with Crippen molar-refractivity contribution in [1.29, 1.82) is 0 Å². The summed E-state index contributed by atoms with van der Waals surface area (Å²) in [7, 11) is 0. The third-order valence-electron chi connectivity index (χ3n) is 9.63. The number of allylic oxidation sites excluding steroid dienone is 2. The zero-order valence-corrected chi connectivity index (χ0v) is 31.0. The maximum Gasteiger partial charge on any atom is 0.249 e. The van der Waals surface area contributed by atoms with Gasteiger partial charge in [-0.05, 0) is 38.5 Å². The Morgan fingerprint density at radius 3 is 1.20 bits per heavy atom. The summed E-state index contributed by atoms with van der Waals surface area (Å²) in [4.78, 5) is 12.4. The van der Waals surface area contributed by atoms with Crippen molar-refractivity contribution in [2.24, 2.45) is 0 Å². The minimum absolute atomic E-state index is 0.314. The Balaban J connectivity index is 3.66. The summed E-state index contributed by atoms with van der Waals surface area (Å²) < 4.78 is 0. The number of aliphatic hydroxyl groups excluding tert-OH is 3. The van der Waals surface area contributed by atoms with E-state index in [9.17, 15) is 20.1 Å². The number of carbonyl (C=O) groups is 1. The van der Waals surface area contributed by atoms with Crippen LogP contribution < -0.4 is 5.32 Å². The maximum atomic E-state index is 12.4. The van der Waals surface area contributed by atoms with Gasteiger partial charge in [0.1, 0.15) is 6.10 Å². The first-order valence-corrected chi connectivity index (χ1v) is 20.5. The van der Waals surface area contributed by atoms with Gasteiger partial charge in [-0.3, -0.25) is 4.79 Å². The SMILES string of the molecule is CCCCCCCCCCC/C=C\CCCCCCC(O)C(=O)NC(CO)C(O)CCCCCCCCCCCCCCCCC. The van der Waals surface area contributed by atoms with E-state index in [1.54, 1.807) is 0 Å². The highest BCUT2D eigenvalue weighted by Gasteiger charge is 2.23. The van der Waals surface area contributed by atoms with Crippen LogP contribution in [0.5, 0.6) is 0 Å². The summed E-state index contributed by atoms with van der Waals surface area (Å²) in [5.74, 6) is -0.478. The molecule has 4 N–H and O–H groups in total. The predicted octanol–water partition coefficient (Wildman–Crippen LogP) is 11.3. The van der Waals surface area contributed by atoms with E-state index < -0.39 is 24.2 Å². The molecule has 0 aliphatic rings. The van der Waals surface area contributed by atoms with E-state index >= 15 is 0 Å². The van der Waals surface area contributed by atoms with Crippen molar-refractivity contribution < 1.29 is 20.1 Å². The topological polar surface area (TPSA) is 89.8 Å². The normalized spacial score (nSPS) is 13.8. The Kier molecular flexibility index (Phi) is 36.2. The number of carbonyl (C=O) groups excluding carboxylic acids is 1. The molecular weight excluding hydrogens is 570 g/mol. The molecule has 0 aromatic rings. The lowest BCUT2D eigenvalue weighted by Gasteiger charge is -2.23. The average Bonchev–Trinajstić information content (AvgIpc) is 3.06. The molecule has 0 saturated heterocycles. The molecule has 0 fully saturated rings. The summed E-state index contributed by atoms with van der Waals surface area (Å²) in [5.41, 5.74) is 0. The zero-order chi connectivity index (χ0) is 33.8. The van der Waals surface area contributed by atoms with Gasteiger partial charge in [-0.2, -0.15) is 0 Å². The monoisotopic (exact) mass is 652 g/mol. The molecule has 0 radical (unpaired) electrons. The fraction of sp³-hybridized carbons (Fsp3) is 0.927. The van der Waals surface area contributed by atoms with Gasteiger partial charge in [0, 0.05) is 0 Å². The molecule has 0 aromatic heterocycles. The highest BCUT2D eigenvalue weighted by molar-refractivity contribution is 5.80. The Morgan fingerprint density at radius 1 is 0.500 bits per heavy atom. The van der Waals surface area contributed by atoms with Crippen LogP contribution in [0.4, 0.5) is 0 Å². The molecular formula is C41H81NO4. The average molecular weight is 652 g/mol.